The molecule has 1 spiro atoms. The number of hydrogen-bond donors (Lipinski definition) is 16. The number of ketones is 1. The van der Waals surface area contributed by atoms with Crippen LogP contribution < -0.4 is 81.4 Å². The molecule has 20 N–H and O–H groups in total. The summed E-state index contributed by atoms with van der Waals surface area (Å²) in [6.07, 6.45) is 6.17. The Morgan fingerprint density at radius 2 is 1.28 bits per heavy atom. The monoisotopic (exact) mass is 1980 g/mol. The molecule has 7 rings (SSSR count). The van der Waals surface area contributed by atoms with Gasteiger partial charge in [0.25, 0.3) is 5.91 Å². The zero-order valence-corrected chi connectivity index (χ0v) is 84.3. The van der Waals surface area contributed by atoms with Crippen LogP contribution in [0.4, 0.5) is 0 Å². The van der Waals surface area contributed by atoms with Crippen LogP contribution in [0.2, 0.25) is 5.02 Å². The van der Waals surface area contributed by atoms with Gasteiger partial charge in [0.1, 0.15) is 66.0 Å². The van der Waals surface area contributed by atoms with Crippen molar-refractivity contribution in [1.29, 1.82) is 0 Å². The van der Waals surface area contributed by atoms with Gasteiger partial charge in [-0.15, -0.1) is 0 Å². The third-order valence-electron chi connectivity index (χ3n) is 25.8. The summed E-state index contributed by atoms with van der Waals surface area (Å²) >= 11 is 6.62. The number of halogens is 1. The van der Waals surface area contributed by atoms with E-state index in [9.17, 15) is 48.3 Å². The molecule has 38 nitrogen and oxygen atoms in total. The molecular formula is C97H151ClN20O18S2. The molecule has 2 aromatic rings. The van der Waals surface area contributed by atoms with Crippen molar-refractivity contribution in [2.75, 3.05) is 63.9 Å². The average Bonchev–Trinajstić information content (AvgIpc) is 1.55. The number of nitrogens with zero attached hydrogens (tertiary/aromatic N) is 5. The standard InChI is InChI=1S/C97H151ClN20O18S2/c1-11-13-15-32-67-83(124)66(27-12-2)60(7)50-79(120)115-96(9,10)95(136)104-56-80(121)106-65(52-62-28-16-14-17-29-62)55-103-75(90(131)113-72(34-19-21-43-100)92(133)117-46-25-37-77(117)93(134)116-45-24-36-76(116)91(132)109-68(84(102)125)38-39-81(122)123)57-138-137-48-40-71(87(128)114-73(49-58(3)4)88(129)111-70(35-23-44-101)86(127)110-69(85(126)108-67)33-18-20-42-99)112-89(130)74(53-63-30-22-31-64(98)51-63)107-78-54-97(78)41-26-47-118(97)94(135)82(59(5)6)105-61(8)119/h14,16-17,22,28-31,51,58-60,66-77,82,103H,11-13,15,18-21,23-27,32-50,52-57,99-101H2,1-10H3,(H2,102,125)(H,104,136)(H,105,119)(H,108,126)(H,109,132)(H,110,127)(H,111,129)(H,112,130)(H,113,131)(H,114,128)(H,115,120)(H,122,123). The Morgan fingerprint density at radius 1 is 0.659 bits per heavy atom. The molecule has 4 aliphatic heterocycles. The zero-order chi connectivity index (χ0) is 102. The number of unbranched alkanes of at least 4 members (excludes halogenated alkanes) is 4. The van der Waals surface area contributed by atoms with Crippen molar-refractivity contribution in [3.05, 3.63) is 70.7 Å². The van der Waals surface area contributed by atoms with Crippen LogP contribution in [0.15, 0.2) is 64.6 Å². The summed E-state index contributed by atoms with van der Waals surface area (Å²) in [5.74, 6) is -14.0. The summed E-state index contributed by atoms with van der Waals surface area (Å²) in [5, 5.41) is 41.4. The number of primary amides is 1. The molecule has 5 aliphatic rings. The number of nitrogens with one attached hydrogen (secondary N) is 11. The first kappa shape index (κ1) is 115. The van der Waals surface area contributed by atoms with E-state index in [4.69, 9.17) is 39.5 Å². The fourth-order valence-electron chi connectivity index (χ4n) is 18.2. The molecule has 766 valence electrons. The summed E-state index contributed by atoms with van der Waals surface area (Å²) < 4.78 is 0. The Morgan fingerprint density at radius 3 is 1.92 bits per heavy atom. The second-order valence-electron chi connectivity index (χ2n) is 38.3. The highest BCUT2D eigenvalue weighted by Crippen LogP contribution is 2.48. The molecule has 1 saturated carbocycles. The molecule has 15 unspecified atom stereocenters. The van der Waals surface area contributed by atoms with E-state index in [1.165, 1.54) is 41.4 Å². The lowest BCUT2D eigenvalue weighted by Gasteiger charge is -2.33. The molecule has 15 amide bonds. The highest BCUT2D eigenvalue weighted by molar-refractivity contribution is 8.76. The van der Waals surface area contributed by atoms with Crippen molar-refractivity contribution in [3.63, 3.8) is 0 Å². The third-order valence-corrected chi connectivity index (χ3v) is 28.5. The lowest BCUT2D eigenvalue weighted by Crippen LogP contribution is -2.59. The Kier molecular flexibility index (Phi) is 48.0. The van der Waals surface area contributed by atoms with Crippen LogP contribution in [0.1, 0.15) is 247 Å². The van der Waals surface area contributed by atoms with Crippen LogP contribution in [0, 0.1) is 23.7 Å². The molecule has 0 bridgehead atoms. The van der Waals surface area contributed by atoms with E-state index in [2.05, 4.69) is 63.5 Å². The van der Waals surface area contributed by atoms with Gasteiger partial charge in [-0.1, -0.05) is 150 Å². The van der Waals surface area contributed by atoms with Crippen molar-refractivity contribution in [2.45, 2.75) is 333 Å². The van der Waals surface area contributed by atoms with E-state index in [1.807, 2.05) is 41.5 Å². The number of benzene rings is 2. The summed E-state index contributed by atoms with van der Waals surface area (Å²) in [4.78, 5) is 260. The van der Waals surface area contributed by atoms with Crippen LogP contribution in [-0.2, 0) is 94.3 Å². The second-order valence-corrected chi connectivity index (χ2v) is 41.4. The number of carbonyl (C=O) groups is 17. The van der Waals surface area contributed by atoms with Gasteiger partial charge in [-0.3, -0.25) is 91.8 Å². The normalized spacial score (nSPS) is 24.6. The van der Waals surface area contributed by atoms with Crippen molar-refractivity contribution < 1.29 is 86.6 Å². The van der Waals surface area contributed by atoms with E-state index in [-0.39, 0.29) is 169 Å². The molecular weight excluding hydrogens is 1830 g/mol. The number of aliphatic carboxylic acids is 1. The number of carbonyl (C=O) groups excluding carboxylic acids is 16. The third kappa shape index (κ3) is 36.0. The molecule has 3 saturated heterocycles. The van der Waals surface area contributed by atoms with E-state index in [0.717, 1.165) is 17.2 Å². The minimum absolute atomic E-state index is 0.0107. The Bertz CT molecular complexity index is 4570. The van der Waals surface area contributed by atoms with Crippen molar-refractivity contribution >= 4 is 145 Å². The first-order valence-electron chi connectivity index (χ1n) is 49.2. The van der Waals surface area contributed by atoms with Gasteiger partial charge in [0, 0.05) is 99.1 Å². The van der Waals surface area contributed by atoms with Gasteiger partial charge in [0.2, 0.25) is 82.7 Å². The van der Waals surface area contributed by atoms with Gasteiger partial charge in [0.15, 0.2) is 5.78 Å². The highest BCUT2D eigenvalue weighted by Gasteiger charge is 2.61. The average molecular weight is 1980 g/mol. The summed E-state index contributed by atoms with van der Waals surface area (Å²) in [7, 11) is 2.33. The molecule has 4 fully saturated rings. The maximum Gasteiger partial charge on any atom is 0.303 e. The van der Waals surface area contributed by atoms with Gasteiger partial charge in [-0.25, -0.2) is 4.99 Å². The topological polar surface area (TPSA) is 581 Å². The first-order valence-corrected chi connectivity index (χ1v) is 52.1. The van der Waals surface area contributed by atoms with Gasteiger partial charge in [-0.2, -0.15) is 0 Å². The lowest BCUT2D eigenvalue weighted by molar-refractivity contribution is -0.148. The summed E-state index contributed by atoms with van der Waals surface area (Å²) in [6, 6.07) is 0.900. The predicted octanol–water partition coefficient (Wildman–Crippen LogP) is 3.94. The smallest absolute Gasteiger partial charge is 0.303 e. The van der Waals surface area contributed by atoms with Crippen LogP contribution in [0.5, 0.6) is 0 Å². The summed E-state index contributed by atoms with van der Waals surface area (Å²) in [5.41, 5.74) is 23.2. The van der Waals surface area contributed by atoms with Gasteiger partial charge >= 0.3 is 5.97 Å². The largest absolute Gasteiger partial charge is 0.481 e. The van der Waals surface area contributed by atoms with E-state index in [0.29, 0.717) is 112 Å². The van der Waals surface area contributed by atoms with E-state index >= 15 is 38.4 Å². The number of likely N-dealkylation sites (tertiary alicyclic amines) is 3. The Hall–Kier alpha value is -10.0. The van der Waals surface area contributed by atoms with E-state index < -0.39 is 191 Å². The minimum Gasteiger partial charge on any atom is -0.481 e. The maximum absolute atomic E-state index is 15.7. The van der Waals surface area contributed by atoms with Crippen molar-refractivity contribution in [3.8, 4) is 0 Å². The van der Waals surface area contributed by atoms with Crippen molar-refractivity contribution in [1.82, 2.24) is 73.2 Å². The first-order chi connectivity index (χ1) is 65.7. The minimum atomic E-state index is -1.65. The molecule has 41 heteroatoms. The molecule has 1 aliphatic carbocycles. The van der Waals surface area contributed by atoms with Crippen LogP contribution in [-0.4, -0.2) is 279 Å². The van der Waals surface area contributed by atoms with Gasteiger partial charge in [0.05, 0.1) is 24.2 Å². The van der Waals surface area contributed by atoms with Crippen LogP contribution in [0.3, 0.4) is 0 Å². The number of carboxylic acids is 1. The fourth-order valence-corrected chi connectivity index (χ4v) is 20.7. The Labute approximate surface area is 823 Å². The number of aliphatic imine (C=N–C) groups is 2. The number of Topliss-reactive ketones (excluding diaryl/α,β-unsaturated/α-hetero) is 1. The zero-order valence-electron chi connectivity index (χ0n) is 81.9. The number of carboxylic acid groups (broad SMARTS) is 1. The molecule has 2 aromatic carbocycles. The molecule has 0 aromatic heterocycles. The van der Waals surface area contributed by atoms with Gasteiger partial charge < -0.3 is 95.9 Å². The second kappa shape index (κ2) is 57.7. The number of amides is 15. The highest BCUT2D eigenvalue weighted by atomic mass is 35.5. The lowest BCUT2D eigenvalue weighted by atomic mass is 9.80. The van der Waals surface area contributed by atoms with Gasteiger partial charge in [-0.05, 0) is 196 Å². The predicted molar refractivity (Wildman–Crippen MR) is 530 cm³/mol. The van der Waals surface area contributed by atoms with Crippen molar-refractivity contribution in [2.24, 2.45) is 56.6 Å². The maximum atomic E-state index is 15.7. The van der Waals surface area contributed by atoms with E-state index in [1.54, 1.807) is 66.4 Å². The molecule has 4 heterocycles. The molecule has 138 heavy (non-hydrogen) atoms. The van der Waals surface area contributed by atoms with Crippen LogP contribution >= 0.6 is 33.2 Å². The summed E-state index contributed by atoms with van der Waals surface area (Å²) in [6.45, 7) is 17.3. The quantitative estimate of drug-likeness (QED) is 0.0333. The number of rotatable bonds is 39. The number of nitrogens with two attached hydrogens (primary N) is 4. The fraction of sp³-hybridized carbons (Fsp3) is 0.680. The number of hydrogen-bond acceptors (Lipinski definition) is 24. The van der Waals surface area contributed by atoms with Crippen LogP contribution in [0.25, 0.3) is 0 Å². The SMILES string of the molecule is CCCCCC1NC(=O)C(CCCCN)NC(=O)C(CCCN)NC(=O)C(CC(C)C)NC(=O)C(NC(=O)C(Cc2cccc(Cl)c2)N=C2CC23CCCN3C(=O)C(NC(C)=O)C(C)C)CCSSCC(C(=O)NC(CCCCN)C(=O)N2CCCC2C(=O)N2CCCC2C(=O)NC(CCC(=O)O)C(N)=O)NCC(Cc2ccccc2)=NC(=O)CNC(=O)C(C)(C)NC(=O)CC(C)C(CCC)C1=O. The molecule has 15 atom stereocenters. The Balaban J connectivity index is 1.33. The molecule has 0 radical (unpaired) electrons.